The fourth-order valence-electron chi connectivity index (χ4n) is 0.934. The zero-order valence-corrected chi connectivity index (χ0v) is 7.60. The number of carbonyl (C=O) groups excluding carboxylic acids is 1. The lowest BCUT2D eigenvalue weighted by Gasteiger charge is -2.05. The average Bonchev–Trinajstić information content (AvgIpc) is 2.00. The number of hydrogen-bond acceptors (Lipinski definition) is 2. The van der Waals surface area contributed by atoms with Crippen LogP contribution in [0.15, 0.2) is 0 Å². The Morgan fingerprint density at radius 1 is 1.55 bits per heavy atom. The van der Waals surface area contributed by atoms with Crippen molar-refractivity contribution in [2.24, 2.45) is 11.7 Å². The van der Waals surface area contributed by atoms with Gasteiger partial charge in [0.2, 0.25) is 0 Å². The topological polar surface area (TPSA) is 43.1 Å². The third-order valence-corrected chi connectivity index (χ3v) is 1.93. The van der Waals surface area contributed by atoms with Gasteiger partial charge in [0, 0.05) is 12.8 Å². The van der Waals surface area contributed by atoms with Crippen molar-refractivity contribution in [3.63, 3.8) is 0 Å². The van der Waals surface area contributed by atoms with Gasteiger partial charge in [0.1, 0.15) is 5.78 Å². The summed E-state index contributed by atoms with van der Waals surface area (Å²) in [5, 5.41) is 0. The molecule has 0 aromatic heterocycles. The molecule has 2 N–H and O–H groups in total. The van der Waals surface area contributed by atoms with Gasteiger partial charge in [-0.25, -0.2) is 0 Å². The number of carbonyl (C=O) groups is 1. The van der Waals surface area contributed by atoms with E-state index >= 15 is 0 Å². The highest BCUT2D eigenvalue weighted by Crippen LogP contribution is 2.08. The summed E-state index contributed by atoms with van der Waals surface area (Å²) in [5.41, 5.74) is 5.29. The van der Waals surface area contributed by atoms with Crippen LogP contribution in [0.2, 0.25) is 0 Å². The van der Waals surface area contributed by atoms with Gasteiger partial charge in [-0.1, -0.05) is 20.3 Å². The summed E-state index contributed by atoms with van der Waals surface area (Å²) in [5.74, 6) is 0.907. The molecule has 0 fully saturated rings. The van der Waals surface area contributed by atoms with E-state index in [4.69, 9.17) is 5.73 Å². The predicted molar refractivity (Wildman–Crippen MR) is 47.4 cm³/mol. The molecule has 0 amide bonds. The normalized spacial score (nSPS) is 13.0. The molecule has 0 radical (unpaired) electrons. The van der Waals surface area contributed by atoms with Crippen LogP contribution < -0.4 is 5.73 Å². The maximum Gasteiger partial charge on any atom is 0.133 e. The summed E-state index contributed by atoms with van der Waals surface area (Å²) >= 11 is 0. The molecule has 0 aromatic rings. The summed E-state index contributed by atoms with van der Waals surface area (Å²) < 4.78 is 0. The van der Waals surface area contributed by atoms with Crippen molar-refractivity contribution in [2.75, 3.05) is 6.54 Å². The molecular weight excluding hydrogens is 138 g/mol. The number of Topliss-reactive ketones (excluding diaryl/α,β-unsaturated/α-hetero) is 1. The molecule has 0 aromatic carbocycles. The Labute approximate surface area is 69.2 Å². The molecule has 0 aliphatic rings. The average molecular weight is 157 g/mol. The molecule has 0 aliphatic heterocycles. The van der Waals surface area contributed by atoms with Gasteiger partial charge in [0.25, 0.3) is 0 Å². The van der Waals surface area contributed by atoms with Gasteiger partial charge in [0.05, 0.1) is 0 Å². The fourth-order valence-corrected chi connectivity index (χ4v) is 0.934. The van der Waals surface area contributed by atoms with Crippen LogP contribution in [-0.2, 0) is 4.79 Å². The quantitative estimate of drug-likeness (QED) is 0.638. The van der Waals surface area contributed by atoms with E-state index in [0.29, 0.717) is 24.7 Å². The molecule has 1 atom stereocenters. The Morgan fingerprint density at radius 3 is 2.64 bits per heavy atom. The highest BCUT2D eigenvalue weighted by molar-refractivity contribution is 5.78. The molecule has 0 aliphatic carbocycles. The van der Waals surface area contributed by atoms with Crippen molar-refractivity contribution in [3.05, 3.63) is 0 Å². The number of nitrogens with two attached hydrogens (primary N) is 1. The van der Waals surface area contributed by atoms with Crippen molar-refractivity contribution in [2.45, 2.75) is 39.5 Å². The van der Waals surface area contributed by atoms with Crippen molar-refractivity contribution in [1.82, 2.24) is 0 Å². The predicted octanol–water partition coefficient (Wildman–Crippen LogP) is 1.73. The van der Waals surface area contributed by atoms with Crippen LogP contribution in [0.4, 0.5) is 0 Å². The highest BCUT2D eigenvalue weighted by atomic mass is 16.1. The van der Waals surface area contributed by atoms with Crippen molar-refractivity contribution < 1.29 is 4.79 Å². The summed E-state index contributed by atoms with van der Waals surface area (Å²) in [6.45, 7) is 4.85. The van der Waals surface area contributed by atoms with E-state index in [1.165, 1.54) is 0 Å². The third kappa shape index (κ3) is 6.05. The third-order valence-electron chi connectivity index (χ3n) is 1.93. The summed E-state index contributed by atoms with van der Waals surface area (Å²) in [4.78, 5) is 11.1. The Kier molecular flexibility index (Phi) is 6.13. The Hall–Kier alpha value is -0.370. The molecule has 2 nitrogen and oxygen atoms in total. The molecule has 0 saturated heterocycles. The van der Waals surface area contributed by atoms with Crippen LogP contribution in [-0.4, -0.2) is 12.3 Å². The minimum Gasteiger partial charge on any atom is -0.330 e. The number of rotatable bonds is 6. The lowest BCUT2D eigenvalue weighted by Crippen LogP contribution is -2.07. The molecule has 0 bridgehead atoms. The zero-order valence-electron chi connectivity index (χ0n) is 7.60. The van der Waals surface area contributed by atoms with Gasteiger partial charge in [-0.05, 0) is 18.9 Å². The van der Waals surface area contributed by atoms with Crippen LogP contribution in [0.3, 0.4) is 0 Å². The fraction of sp³-hybridized carbons (Fsp3) is 0.889. The van der Waals surface area contributed by atoms with Crippen molar-refractivity contribution in [1.29, 1.82) is 0 Å². The van der Waals surface area contributed by atoms with E-state index in [0.717, 1.165) is 19.3 Å². The van der Waals surface area contributed by atoms with Gasteiger partial charge in [-0.3, -0.25) is 4.79 Å². The van der Waals surface area contributed by atoms with E-state index in [9.17, 15) is 4.79 Å². The number of hydrogen-bond donors (Lipinski definition) is 1. The summed E-state index contributed by atoms with van der Waals surface area (Å²) in [6, 6.07) is 0. The van der Waals surface area contributed by atoms with E-state index < -0.39 is 0 Å². The standard InChI is InChI=1S/C9H19NO/c1-3-8(2)7-9(11)5-4-6-10/h8H,3-7,10H2,1-2H3. The van der Waals surface area contributed by atoms with Crippen LogP contribution in [0.25, 0.3) is 0 Å². The molecule has 1 unspecified atom stereocenters. The lowest BCUT2D eigenvalue weighted by molar-refractivity contribution is -0.119. The van der Waals surface area contributed by atoms with E-state index in [2.05, 4.69) is 13.8 Å². The molecule has 66 valence electrons. The maximum atomic E-state index is 11.1. The second kappa shape index (κ2) is 6.35. The van der Waals surface area contributed by atoms with Crippen LogP contribution in [0.5, 0.6) is 0 Å². The highest BCUT2D eigenvalue weighted by Gasteiger charge is 2.05. The van der Waals surface area contributed by atoms with Gasteiger partial charge < -0.3 is 5.73 Å². The first-order valence-corrected chi connectivity index (χ1v) is 4.42. The smallest absolute Gasteiger partial charge is 0.133 e. The van der Waals surface area contributed by atoms with Gasteiger partial charge in [-0.15, -0.1) is 0 Å². The van der Waals surface area contributed by atoms with E-state index in [1.807, 2.05) is 0 Å². The van der Waals surface area contributed by atoms with Crippen LogP contribution >= 0.6 is 0 Å². The molecule has 0 heterocycles. The minimum atomic E-state index is 0.366. The zero-order chi connectivity index (χ0) is 8.69. The first kappa shape index (κ1) is 10.6. The van der Waals surface area contributed by atoms with E-state index in [1.54, 1.807) is 0 Å². The largest absolute Gasteiger partial charge is 0.330 e. The molecule has 11 heavy (non-hydrogen) atoms. The second-order valence-electron chi connectivity index (χ2n) is 3.15. The van der Waals surface area contributed by atoms with Gasteiger partial charge >= 0.3 is 0 Å². The Balaban J connectivity index is 3.36. The molecule has 2 heteroatoms. The molecule has 0 rings (SSSR count). The minimum absolute atomic E-state index is 0.366. The Bertz CT molecular complexity index is 112. The summed E-state index contributed by atoms with van der Waals surface area (Å²) in [6.07, 6.45) is 3.33. The van der Waals surface area contributed by atoms with E-state index in [-0.39, 0.29) is 0 Å². The van der Waals surface area contributed by atoms with Gasteiger partial charge in [0.15, 0.2) is 0 Å². The summed E-state index contributed by atoms with van der Waals surface area (Å²) in [7, 11) is 0. The second-order valence-corrected chi connectivity index (χ2v) is 3.15. The molecule has 0 spiro atoms. The van der Waals surface area contributed by atoms with Crippen molar-refractivity contribution >= 4 is 5.78 Å². The number of ketones is 1. The first-order chi connectivity index (χ1) is 5.20. The Morgan fingerprint density at radius 2 is 2.18 bits per heavy atom. The monoisotopic (exact) mass is 157 g/mol. The maximum absolute atomic E-state index is 11.1. The first-order valence-electron chi connectivity index (χ1n) is 4.42. The van der Waals surface area contributed by atoms with Gasteiger partial charge in [-0.2, -0.15) is 0 Å². The van der Waals surface area contributed by atoms with Crippen LogP contribution in [0.1, 0.15) is 39.5 Å². The van der Waals surface area contributed by atoms with Crippen molar-refractivity contribution in [3.8, 4) is 0 Å². The van der Waals surface area contributed by atoms with Crippen LogP contribution in [0, 0.1) is 5.92 Å². The molecule has 0 saturated carbocycles. The lowest BCUT2D eigenvalue weighted by atomic mass is 10.00. The SMILES string of the molecule is CCC(C)CC(=O)CCCN. The molecular formula is C9H19NO.